The van der Waals surface area contributed by atoms with Gasteiger partial charge in [-0.3, -0.25) is 0 Å². The smallest absolute Gasteiger partial charge is 0.196 e. The summed E-state index contributed by atoms with van der Waals surface area (Å²) in [5, 5.41) is 14.3. The van der Waals surface area contributed by atoms with Crippen molar-refractivity contribution in [2.24, 2.45) is 0 Å². The van der Waals surface area contributed by atoms with E-state index in [2.05, 4.69) is 86.9 Å². The standard InChI is InChI=1S/C24H26N8/c1-5-6-21-26-22-15(2)13-16(3)25-24(22)31(21)14-18-8-10-19(11-9-18)32-17(4)7-12-20(32)23-27-29-30-28-23/h7-13H,5-6,14H2,1-4H3,(H,27,28,29,30). The first-order valence-corrected chi connectivity index (χ1v) is 10.9. The molecule has 1 N–H and O–H groups in total. The van der Waals surface area contributed by atoms with E-state index < -0.39 is 0 Å². The molecule has 0 amide bonds. The van der Waals surface area contributed by atoms with Crippen LogP contribution in [0.2, 0.25) is 0 Å². The van der Waals surface area contributed by atoms with Crippen molar-refractivity contribution < 1.29 is 0 Å². The third kappa shape index (κ3) is 3.47. The number of imidazole rings is 1. The molecule has 0 aliphatic rings. The van der Waals surface area contributed by atoms with E-state index in [4.69, 9.17) is 9.97 Å². The lowest BCUT2D eigenvalue weighted by atomic mass is 10.2. The molecule has 8 nitrogen and oxygen atoms in total. The molecule has 4 aromatic heterocycles. The van der Waals surface area contributed by atoms with E-state index in [1.807, 2.05) is 13.0 Å². The van der Waals surface area contributed by atoms with Crippen LogP contribution in [0.25, 0.3) is 28.4 Å². The number of pyridine rings is 1. The molecule has 32 heavy (non-hydrogen) atoms. The fourth-order valence-electron chi connectivity index (χ4n) is 4.30. The predicted molar refractivity (Wildman–Crippen MR) is 124 cm³/mol. The monoisotopic (exact) mass is 426 g/mol. The Morgan fingerprint density at radius 3 is 2.50 bits per heavy atom. The van der Waals surface area contributed by atoms with Gasteiger partial charge in [0.25, 0.3) is 0 Å². The van der Waals surface area contributed by atoms with Gasteiger partial charge in [-0.1, -0.05) is 19.1 Å². The summed E-state index contributed by atoms with van der Waals surface area (Å²) in [7, 11) is 0. The molecule has 0 saturated carbocycles. The number of tetrazole rings is 1. The SMILES string of the molecule is CCCc1nc2c(C)cc(C)nc2n1Cc1ccc(-n2c(C)ccc2-c2nnn[nH]2)cc1. The van der Waals surface area contributed by atoms with Crippen LogP contribution in [0.15, 0.2) is 42.5 Å². The molecular weight excluding hydrogens is 400 g/mol. The first-order valence-electron chi connectivity index (χ1n) is 10.9. The van der Waals surface area contributed by atoms with Gasteiger partial charge in [0.2, 0.25) is 0 Å². The quantitative estimate of drug-likeness (QED) is 0.436. The number of nitrogens with one attached hydrogen (secondary N) is 1. The van der Waals surface area contributed by atoms with Crippen LogP contribution < -0.4 is 0 Å². The van der Waals surface area contributed by atoms with E-state index in [1.54, 1.807) is 0 Å². The number of rotatable bonds is 6. The van der Waals surface area contributed by atoms with Gasteiger partial charge in [0.1, 0.15) is 11.3 Å². The average molecular weight is 427 g/mol. The van der Waals surface area contributed by atoms with Gasteiger partial charge in [0.05, 0.1) is 12.2 Å². The summed E-state index contributed by atoms with van der Waals surface area (Å²) in [4.78, 5) is 9.74. The molecule has 8 heteroatoms. The second kappa shape index (κ2) is 8.03. The molecule has 0 spiro atoms. The number of aryl methyl sites for hydroxylation is 4. The summed E-state index contributed by atoms with van der Waals surface area (Å²) < 4.78 is 4.41. The first-order chi connectivity index (χ1) is 15.5. The van der Waals surface area contributed by atoms with Crippen LogP contribution in [0.3, 0.4) is 0 Å². The minimum atomic E-state index is 0.646. The van der Waals surface area contributed by atoms with E-state index in [0.717, 1.165) is 59.1 Å². The summed E-state index contributed by atoms with van der Waals surface area (Å²) >= 11 is 0. The van der Waals surface area contributed by atoms with E-state index in [0.29, 0.717) is 5.82 Å². The van der Waals surface area contributed by atoms with Crippen LogP contribution in [0.1, 0.15) is 41.7 Å². The van der Waals surface area contributed by atoms with Gasteiger partial charge >= 0.3 is 0 Å². The van der Waals surface area contributed by atoms with Crippen LogP contribution in [0.4, 0.5) is 0 Å². The topological polar surface area (TPSA) is 90.1 Å². The van der Waals surface area contributed by atoms with E-state index in [9.17, 15) is 0 Å². The Morgan fingerprint density at radius 2 is 1.78 bits per heavy atom. The largest absolute Gasteiger partial charge is 0.311 e. The van der Waals surface area contributed by atoms with Gasteiger partial charge in [0, 0.05) is 23.5 Å². The maximum atomic E-state index is 4.92. The number of aromatic amines is 1. The maximum Gasteiger partial charge on any atom is 0.196 e. The van der Waals surface area contributed by atoms with Gasteiger partial charge in [-0.2, -0.15) is 0 Å². The molecule has 162 valence electrons. The van der Waals surface area contributed by atoms with Gasteiger partial charge in [-0.25, -0.2) is 15.1 Å². The Kier molecular flexibility index (Phi) is 5.05. The molecule has 0 radical (unpaired) electrons. The number of benzene rings is 1. The molecule has 0 unspecified atom stereocenters. The lowest BCUT2D eigenvalue weighted by Gasteiger charge is -2.12. The van der Waals surface area contributed by atoms with Crippen LogP contribution in [-0.2, 0) is 13.0 Å². The Hall–Kier alpha value is -3.81. The summed E-state index contributed by atoms with van der Waals surface area (Å²) in [6.45, 7) is 9.15. The minimum Gasteiger partial charge on any atom is -0.311 e. The summed E-state index contributed by atoms with van der Waals surface area (Å²) in [6, 6.07) is 14.8. The predicted octanol–water partition coefficient (Wildman–Crippen LogP) is 4.33. The molecule has 0 fully saturated rings. The number of aromatic nitrogens is 8. The molecule has 1 aromatic carbocycles. The van der Waals surface area contributed by atoms with Crippen molar-refractivity contribution in [2.45, 2.75) is 47.1 Å². The van der Waals surface area contributed by atoms with Crippen molar-refractivity contribution in [3.63, 3.8) is 0 Å². The molecule has 5 aromatic rings. The van der Waals surface area contributed by atoms with E-state index in [-0.39, 0.29) is 0 Å². The van der Waals surface area contributed by atoms with Gasteiger partial charge in [-0.05, 0) is 79.1 Å². The van der Waals surface area contributed by atoms with E-state index >= 15 is 0 Å². The highest BCUT2D eigenvalue weighted by Crippen LogP contribution is 2.25. The fraction of sp³-hybridized carbons (Fsp3) is 0.292. The Morgan fingerprint density at radius 1 is 0.969 bits per heavy atom. The Bertz CT molecular complexity index is 1370. The first kappa shape index (κ1) is 20.1. The van der Waals surface area contributed by atoms with Gasteiger partial charge in [0.15, 0.2) is 11.5 Å². The average Bonchev–Trinajstić information content (AvgIpc) is 3.50. The number of nitrogens with zero attached hydrogens (tertiary/aromatic N) is 7. The van der Waals surface area contributed by atoms with Gasteiger partial charge < -0.3 is 9.13 Å². The minimum absolute atomic E-state index is 0.646. The van der Waals surface area contributed by atoms with Crippen LogP contribution in [0, 0.1) is 20.8 Å². The van der Waals surface area contributed by atoms with Crippen LogP contribution >= 0.6 is 0 Å². The Labute approximate surface area is 186 Å². The second-order valence-electron chi connectivity index (χ2n) is 8.23. The normalized spacial score (nSPS) is 11.5. The molecular formula is C24H26N8. The highest BCUT2D eigenvalue weighted by Gasteiger charge is 2.15. The number of hydrogen-bond acceptors (Lipinski definition) is 5. The van der Waals surface area contributed by atoms with Crippen LogP contribution in [-0.4, -0.2) is 39.7 Å². The van der Waals surface area contributed by atoms with Gasteiger partial charge in [-0.15, -0.1) is 5.10 Å². The van der Waals surface area contributed by atoms with E-state index in [1.165, 1.54) is 11.1 Å². The molecule has 4 heterocycles. The van der Waals surface area contributed by atoms with Crippen molar-refractivity contribution >= 4 is 11.2 Å². The summed E-state index contributed by atoms with van der Waals surface area (Å²) in [5.41, 5.74) is 8.49. The van der Waals surface area contributed by atoms with Crippen molar-refractivity contribution in [1.29, 1.82) is 0 Å². The second-order valence-corrected chi connectivity index (χ2v) is 8.23. The summed E-state index contributed by atoms with van der Waals surface area (Å²) in [6.07, 6.45) is 1.98. The van der Waals surface area contributed by atoms with Crippen LogP contribution in [0.5, 0.6) is 0 Å². The lowest BCUT2D eigenvalue weighted by Crippen LogP contribution is -2.07. The fourth-order valence-corrected chi connectivity index (χ4v) is 4.30. The molecule has 0 aliphatic heterocycles. The molecule has 0 atom stereocenters. The third-order valence-corrected chi connectivity index (χ3v) is 5.77. The summed E-state index contributed by atoms with van der Waals surface area (Å²) in [5.74, 6) is 1.74. The molecule has 0 saturated heterocycles. The van der Waals surface area contributed by atoms with Crippen molar-refractivity contribution in [3.8, 4) is 17.2 Å². The highest BCUT2D eigenvalue weighted by molar-refractivity contribution is 5.76. The zero-order valence-corrected chi connectivity index (χ0v) is 18.8. The molecule has 5 rings (SSSR count). The zero-order valence-electron chi connectivity index (χ0n) is 18.8. The number of fused-ring (bicyclic) bond motifs is 1. The van der Waals surface area contributed by atoms with Crippen molar-refractivity contribution in [1.82, 2.24) is 39.7 Å². The van der Waals surface area contributed by atoms with Crippen molar-refractivity contribution in [2.75, 3.05) is 0 Å². The lowest BCUT2D eigenvalue weighted by molar-refractivity contribution is 0.716. The maximum absolute atomic E-state index is 4.92. The Balaban J connectivity index is 1.51. The number of hydrogen-bond donors (Lipinski definition) is 1. The third-order valence-electron chi connectivity index (χ3n) is 5.77. The zero-order chi connectivity index (χ0) is 22.2. The highest BCUT2D eigenvalue weighted by atomic mass is 15.5. The molecule has 0 bridgehead atoms. The number of H-pyrrole nitrogens is 1. The van der Waals surface area contributed by atoms with Crippen molar-refractivity contribution in [3.05, 3.63) is 70.8 Å². The molecule has 0 aliphatic carbocycles.